The normalized spacial score (nSPS) is 18.6. The zero-order chi connectivity index (χ0) is 14.0. The van der Waals surface area contributed by atoms with Gasteiger partial charge in [-0.15, -0.1) is 0 Å². The molecule has 1 heterocycles. The van der Waals surface area contributed by atoms with Gasteiger partial charge >= 0.3 is 5.97 Å². The molecule has 0 aliphatic carbocycles. The summed E-state index contributed by atoms with van der Waals surface area (Å²) in [5.41, 5.74) is 0.249. The average molecular weight is 328 g/mol. The predicted molar refractivity (Wildman–Crippen MR) is 72.1 cm³/mol. The summed E-state index contributed by atoms with van der Waals surface area (Å²) in [6.07, 6.45) is 0.769. The Balaban J connectivity index is 2.07. The van der Waals surface area contributed by atoms with E-state index in [2.05, 4.69) is 15.9 Å². The summed E-state index contributed by atoms with van der Waals surface area (Å²) >= 11 is 3.22. The minimum absolute atomic E-state index is 0.000888. The van der Waals surface area contributed by atoms with Gasteiger partial charge in [-0.1, -0.05) is 15.9 Å². The SMILES string of the molecule is O=C(O)CC1CCN(C(=O)c2ccc(Br)cc2O)C1. The molecule has 0 aromatic heterocycles. The molecule has 1 aromatic rings. The lowest BCUT2D eigenvalue weighted by Gasteiger charge is -2.17. The minimum Gasteiger partial charge on any atom is -0.507 e. The van der Waals surface area contributed by atoms with Crippen molar-refractivity contribution in [3.8, 4) is 5.75 Å². The fourth-order valence-corrected chi connectivity index (χ4v) is 2.64. The van der Waals surface area contributed by atoms with Crippen molar-refractivity contribution in [2.24, 2.45) is 5.92 Å². The molecule has 1 unspecified atom stereocenters. The number of carbonyl (C=O) groups excluding carboxylic acids is 1. The molecule has 1 amide bonds. The van der Waals surface area contributed by atoms with E-state index in [9.17, 15) is 14.7 Å². The molecule has 0 radical (unpaired) electrons. The van der Waals surface area contributed by atoms with Crippen LogP contribution in [0.4, 0.5) is 0 Å². The predicted octanol–water partition coefficient (Wildman–Crippen LogP) is 2.09. The summed E-state index contributed by atoms with van der Waals surface area (Å²) < 4.78 is 0.701. The van der Waals surface area contributed by atoms with Crippen molar-refractivity contribution in [1.29, 1.82) is 0 Å². The van der Waals surface area contributed by atoms with E-state index in [0.717, 1.165) is 0 Å². The van der Waals surface area contributed by atoms with E-state index < -0.39 is 5.97 Å². The number of carboxylic acid groups (broad SMARTS) is 1. The van der Waals surface area contributed by atoms with E-state index in [4.69, 9.17) is 5.11 Å². The van der Waals surface area contributed by atoms with Crippen molar-refractivity contribution < 1.29 is 19.8 Å². The van der Waals surface area contributed by atoms with Crippen LogP contribution in [0.1, 0.15) is 23.2 Å². The van der Waals surface area contributed by atoms with Crippen LogP contribution < -0.4 is 0 Å². The Bertz CT molecular complexity index is 517. The highest BCUT2D eigenvalue weighted by atomic mass is 79.9. The molecule has 1 atom stereocenters. The third-order valence-corrected chi connectivity index (χ3v) is 3.72. The molecule has 2 N–H and O–H groups in total. The third kappa shape index (κ3) is 3.26. The molecule has 6 heteroatoms. The summed E-state index contributed by atoms with van der Waals surface area (Å²) in [6.45, 7) is 0.965. The van der Waals surface area contributed by atoms with E-state index in [1.54, 1.807) is 17.0 Å². The summed E-state index contributed by atoms with van der Waals surface area (Å²) in [5, 5.41) is 18.5. The number of amides is 1. The van der Waals surface area contributed by atoms with E-state index in [-0.39, 0.29) is 29.6 Å². The van der Waals surface area contributed by atoms with Gasteiger partial charge in [0, 0.05) is 24.0 Å². The Labute approximate surface area is 119 Å². The molecule has 0 spiro atoms. The van der Waals surface area contributed by atoms with Gasteiger partial charge in [0.2, 0.25) is 0 Å². The number of rotatable bonds is 3. The number of aromatic hydroxyl groups is 1. The number of aliphatic carboxylic acids is 1. The number of carboxylic acids is 1. The lowest BCUT2D eigenvalue weighted by atomic mass is 10.1. The van der Waals surface area contributed by atoms with Crippen LogP contribution >= 0.6 is 15.9 Å². The van der Waals surface area contributed by atoms with E-state index in [0.29, 0.717) is 24.0 Å². The van der Waals surface area contributed by atoms with Crippen LogP contribution in [0.3, 0.4) is 0 Å². The third-order valence-electron chi connectivity index (χ3n) is 3.23. The summed E-state index contributed by atoms with van der Waals surface area (Å²) in [7, 11) is 0. The first-order valence-corrected chi connectivity index (χ1v) is 6.76. The fourth-order valence-electron chi connectivity index (χ4n) is 2.29. The smallest absolute Gasteiger partial charge is 0.303 e. The van der Waals surface area contributed by atoms with Crippen molar-refractivity contribution in [2.45, 2.75) is 12.8 Å². The molecule has 2 rings (SSSR count). The molecule has 5 nitrogen and oxygen atoms in total. The van der Waals surface area contributed by atoms with Crippen LogP contribution in [0.15, 0.2) is 22.7 Å². The molecular weight excluding hydrogens is 314 g/mol. The highest BCUT2D eigenvalue weighted by Gasteiger charge is 2.29. The molecule has 0 saturated carbocycles. The average Bonchev–Trinajstić information content (AvgIpc) is 2.75. The number of benzene rings is 1. The van der Waals surface area contributed by atoms with Crippen molar-refractivity contribution in [2.75, 3.05) is 13.1 Å². The maximum atomic E-state index is 12.2. The molecule has 102 valence electrons. The minimum atomic E-state index is -0.842. The molecule has 0 bridgehead atoms. The monoisotopic (exact) mass is 327 g/mol. The number of nitrogens with zero attached hydrogens (tertiary/aromatic N) is 1. The van der Waals surface area contributed by atoms with Crippen LogP contribution in [0.2, 0.25) is 0 Å². The summed E-state index contributed by atoms with van der Waals surface area (Å²) in [6, 6.07) is 4.72. The maximum Gasteiger partial charge on any atom is 0.303 e. The van der Waals surface area contributed by atoms with Gasteiger partial charge < -0.3 is 15.1 Å². The molecule has 1 aliphatic heterocycles. The Kier molecular flexibility index (Phi) is 4.09. The number of hydrogen-bond donors (Lipinski definition) is 2. The molecule has 19 heavy (non-hydrogen) atoms. The van der Waals surface area contributed by atoms with Gasteiger partial charge in [-0.25, -0.2) is 0 Å². The molecule has 1 aromatic carbocycles. The highest BCUT2D eigenvalue weighted by Crippen LogP contribution is 2.27. The lowest BCUT2D eigenvalue weighted by molar-refractivity contribution is -0.138. The molecule has 1 fully saturated rings. The Morgan fingerprint density at radius 1 is 1.42 bits per heavy atom. The lowest BCUT2D eigenvalue weighted by Crippen LogP contribution is -2.29. The van der Waals surface area contributed by atoms with Gasteiger partial charge in [-0.3, -0.25) is 9.59 Å². The first kappa shape index (κ1) is 13.9. The van der Waals surface area contributed by atoms with Gasteiger partial charge in [0.05, 0.1) is 5.56 Å². The van der Waals surface area contributed by atoms with Crippen LogP contribution in [0, 0.1) is 5.92 Å². The zero-order valence-electron chi connectivity index (χ0n) is 10.2. The zero-order valence-corrected chi connectivity index (χ0v) is 11.8. The standard InChI is InChI=1S/C13H14BrNO4/c14-9-1-2-10(11(16)6-9)13(19)15-4-3-8(7-15)5-12(17)18/h1-2,6,8,16H,3-5,7H2,(H,17,18). The second kappa shape index (κ2) is 5.61. The van der Waals surface area contributed by atoms with Crippen LogP contribution in [-0.2, 0) is 4.79 Å². The number of carbonyl (C=O) groups is 2. The highest BCUT2D eigenvalue weighted by molar-refractivity contribution is 9.10. The Morgan fingerprint density at radius 2 is 2.16 bits per heavy atom. The fraction of sp³-hybridized carbons (Fsp3) is 0.385. The molecular formula is C13H14BrNO4. The summed E-state index contributed by atoms with van der Waals surface area (Å²) in [4.78, 5) is 24.5. The van der Waals surface area contributed by atoms with Gasteiger partial charge in [0.1, 0.15) is 5.75 Å². The van der Waals surface area contributed by atoms with Crippen molar-refractivity contribution in [1.82, 2.24) is 4.90 Å². The number of hydrogen-bond acceptors (Lipinski definition) is 3. The van der Waals surface area contributed by atoms with Gasteiger partial charge in [0.15, 0.2) is 0 Å². The topological polar surface area (TPSA) is 77.8 Å². The van der Waals surface area contributed by atoms with Crippen LogP contribution in [-0.4, -0.2) is 40.1 Å². The van der Waals surface area contributed by atoms with E-state index in [1.165, 1.54) is 6.07 Å². The van der Waals surface area contributed by atoms with Crippen molar-refractivity contribution in [3.05, 3.63) is 28.2 Å². The number of phenolic OH excluding ortho intramolecular Hbond substituents is 1. The second-order valence-corrected chi connectivity index (χ2v) is 5.58. The van der Waals surface area contributed by atoms with Crippen molar-refractivity contribution >= 4 is 27.8 Å². The van der Waals surface area contributed by atoms with Gasteiger partial charge in [0.25, 0.3) is 5.91 Å². The number of halogens is 1. The van der Waals surface area contributed by atoms with E-state index >= 15 is 0 Å². The maximum absolute atomic E-state index is 12.2. The summed E-state index contributed by atoms with van der Waals surface area (Å²) in [5.74, 6) is -1.16. The molecule has 1 saturated heterocycles. The largest absolute Gasteiger partial charge is 0.507 e. The van der Waals surface area contributed by atoms with Gasteiger partial charge in [-0.05, 0) is 30.5 Å². The first-order chi connectivity index (χ1) is 8.97. The quantitative estimate of drug-likeness (QED) is 0.891. The number of phenols is 1. The first-order valence-electron chi connectivity index (χ1n) is 5.97. The van der Waals surface area contributed by atoms with Crippen LogP contribution in [0.5, 0.6) is 5.75 Å². The molecule has 1 aliphatic rings. The van der Waals surface area contributed by atoms with Gasteiger partial charge in [-0.2, -0.15) is 0 Å². The van der Waals surface area contributed by atoms with E-state index in [1.807, 2.05) is 0 Å². The Hall–Kier alpha value is -1.56. The van der Waals surface area contributed by atoms with Crippen LogP contribution in [0.25, 0.3) is 0 Å². The Morgan fingerprint density at radius 3 is 2.79 bits per heavy atom. The van der Waals surface area contributed by atoms with Crippen molar-refractivity contribution in [3.63, 3.8) is 0 Å². The number of likely N-dealkylation sites (tertiary alicyclic amines) is 1. The second-order valence-electron chi connectivity index (χ2n) is 4.67.